The highest BCUT2D eigenvalue weighted by molar-refractivity contribution is 6.07. The fraction of sp³-hybridized carbons (Fsp3) is 0.259. The van der Waals surface area contributed by atoms with Crippen LogP contribution in [0.15, 0.2) is 65.2 Å². The van der Waals surface area contributed by atoms with Crippen molar-refractivity contribution < 1.29 is 14.1 Å². The highest BCUT2D eigenvalue weighted by atomic mass is 16.5. The third kappa shape index (κ3) is 4.29. The lowest BCUT2D eigenvalue weighted by Gasteiger charge is -2.32. The molecular formula is C27H26N4O3. The molecule has 34 heavy (non-hydrogen) atoms. The zero-order valence-corrected chi connectivity index (χ0v) is 19.2. The van der Waals surface area contributed by atoms with Crippen molar-refractivity contribution >= 4 is 28.6 Å². The summed E-state index contributed by atoms with van der Waals surface area (Å²) in [7, 11) is 0. The van der Waals surface area contributed by atoms with Crippen LogP contribution in [0.4, 0.5) is 5.69 Å². The third-order valence-corrected chi connectivity index (χ3v) is 6.32. The number of carbonyl (C=O) groups excluding carboxylic acids is 2. The minimum Gasteiger partial charge on any atom is -0.338 e. The predicted octanol–water partition coefficient (Wildman–Crippen LogP) is 5.00. The summed E-state index contributed by atoms with van der Waals surface area (Å²) in [6, 6.07) is 19.2. The second-order valence-electron chi connectivity index (χ2n) is 8.81. The van der Waals surface area contributed by atoms with E-state index in [0.29, 0.717) is 41.1 Å². The standard InChI is InChI=1S/C27H26N4O3/c1-17-10-12-19(13-11-17)23-15-22(24-18(2)30-34-26(24)29-23)27(33)31-14-6-7-20(16-31)25(32)28-21-8-4-3-5-9-21/h3-5,8-13,15,20H,6-7,14,16H2,1-2H3,(H,28,32). The topological polar surface area (TPSA) is 88.3 Å². The number of carbonyl (C=O) groups is 2. The Kier molecular flexibility index (Phi) is 5.84. The lowest BCUT2D eigenvalue weighted by atomic mass is 9.95. The maximum Gasteiger partial charge on any atom is 0.259 e. The molecule has 0 saturated carbocycles. The van der Waals surface area contributed by atoms with Crippen LogP contribution in [0.3, 0.4) is 0 Å². The molecule has 3 heterocycles. The maximum atomic E-state index is 13.7. The molecule has 1 fully saturated rings. The largest absolute Gasteiger partial charge is 0.338 e. The normalized spacial score (nSPS) is 15.9. The summed E-state index contributed by atoms with van der Waals surface area (Å²) in [5.74, 6) is -0.468. The average molecular weight is 455 g/mol. The Balaban J connectivity index is 1.43. The van der Waals surface area contributed by atoms with Gasteiger partial charge in [0.2, 0.25) is 5.91 Å². The summed E-state index contributed by atoms with van der Waals surface area (Å²) < 4.78 is 5.44. The van der Waals surface area contributed by atoms with Crippen LogP contribution < -0.4 is 5.32 Å². The van der Waals surface area contributed by atoms with Gasteiger partial charge in [0.25, 0.3) is 11.6 Å². The van der Waals surface area contributed by atoms with Crippen LogP contribution in [0.1, 0.15) is 34.5 Å². The van der Waals surface area contributed by atoms with Crippen LogP contribution in [0.2, 0.25) is 0 Å². The van der Waals surface area contributed by atoms with Gasteiger partial charge < -0.3 is 14.7 Å². The number of nitrogens with one attached hydrogen (secondary N) is 1. The van der Waals surface area contributed by atoms with Crippen LogP contribution in [0, 0.1) is 19.8 Å². The van der Waals surface area contributed by atoms with Crippen molar-refractivity contribution in [1.29, 1.82) is 0 Å². The van der Waals surface area contributed by atoms with Gasteiger partial charge in [0.1, 0.15) is 0 Å². The van der Waals surface area contributed by atoms with E-state index in [4.69, 9.17) is 4.52 Å². The van der Waals surface area contributed by atoms with E-state index < -0.39 is 0 Å². The van der Waals surface area contributed by atoms with Gasteiger partial charge in [0.15, 0.2) is 0 Å². The second-order valence-corrected chi connectivity index (χ2v) is 8.81. The first-order valence-corrected chi connectivity index (χ1v) is 11.5. The Morgan fingerprint density at radius 3 is 2.59 bits per heavy atom. The van der Waals surface area contributed by atoms with Crippen LogP contribution in [-0.2, 0) is 4.79 Å². The van der Waals surface area contributed by atoms with Gasteiger partial charge in [-0.15, -0.1) is 0 Å². The average Bonchev–Trinajstić information content (AvgIpc) is 3.25. The van der Waals surface area contributed by atoms with E-state index in [-0.39, 0.29) is 17.7 Å². The molecule has 0 radical (unpaired) electrons. The van der Waals surface area contributed by atoms with Gasteiger partial charge in [-0.05, 0) is 44.9 Å². The molecule has 7 heteroatoms. The molecule has 4 aromatic rings. The molecule has 1 atom stereocenters. The molecule has 172 valence electrons. The number of hydrogen-bond acceptors (Lipinski definition) is 5. The number of para-hydroxylation sites is 1. The highest BCUT2D eigenvalue weighted by Crippen LogP contribution is 2.29. The number of nitrogens with zero attached hydrogens (tertiary/aromatic N) is 3. The van der Waals surface area contributed by atoms with E-state index in [1.54, 1.807) is 4.90 Å². The number of fused-ring (bicyclic) bond motifs is 1. The number of benzene rings is 2. The molecule has 0 spiro atoms. The molecule has 0 bridgehead atoms. The highest BCUT2D eigenvalue weighted by Gasteiger charge is 2.31. The number of likely N-dealkylation sites (tertiary alicyclic amines) is 1. The molecule has 2 amide bonds. The molecule has 1 aliphatic rings. The van der Waals surface area contributed by atoms with Crippen LogP contribution in [0.25, 0.3) is 22.4 Å². The van der Waals surface area contributed by atoms with E-state index >= 15 is 0 Å². The van der Waals surface area contributed by atoms with E-state index in [0.717, 1.165) is 29.7 Å². The number of aromatic nitrogens is 2. The number of piperidine rings is 1. The fourth-order valence-electron chi connectivity index (χ4n) is 4.45. The van der Waals surface area contributed by atoms with Gasteiger partial charge >= 0.3 is 0 Å². The van der Waals surface area contributed by atoms with E-state index in [1.165, 1.54) is 0 Å². The van der Waals surface area contributed by atoms with Crippen molar-refractivity contribution in [2.75, 3.05) is 18.4 Å². The minimum absolute atomic E-state index is 0.0647. The minimum atomic E-state index is -0.268. The SMILES string of the molecule is Cc1ccc(-c2cc(C(=O)N3CCCC(C(=O)Nc4ccccc4)C3)c3c(C)noc3n2)cc1. The molecule has 7 nitrogen and oxygen atoms in total. The number of hydrogen-bond donors (Lipinski definition) is 1. The molecule has 1 N–H and O–H groups in total. The van der Waals surface area contributed by atoms with E-state index in [1.807, 2.05) is 74.5 Å². The summed E-state index contributed by atoms with van der Waals surface area (Å²) in [6.45, 7) is 4.80. The first-order chi connectivity index (χ1) is 16.5. The van der Waals surface area contributed by atoms with Crippen molar-refractivity contribution in [2.24, 2.45) is 5.92 Å². The van der Waals surface area contributed by atoms with Crippen molar-refractivity contribution in [1.82, 2.24) is 15.0 Å². The van der Waals surface area contributed by atoms with Crippen molar-refractivity contribution in [3.63, 3.8) is 0 Å². The zero-order chi connectivity index (χ0) is 23.7. The van der Waals surface area contributed by atoms with E-state index in [2.05, 4.69) is 15.5 Å². The first-order valence-electron chi connectivity index (χ1n) is 11.5. The van der Waals surface area contributed by atoms with Gasteiger partial charge in [0, 0.05) is 24.3 Å². The number of rotatable bonds is 4. The summed E-state index contributed by atoms with van der Waals surface area (Å²) in [4.78, 5) is 33.0. The molecule has 5 rings (SSSR count). The van der Waals surface area contributed by atoms with Crippen molar-refractivity contribution in [3.8, 4) is 11.3 Å². The van der Waals surface area contributed by atoms with Gasteiger partial charge in [-0.25, -0.2) is 4.98 Å². The van der Waals surface area contributed by atoms with E-state index in [9.17, 15) is 9.59 Å². The van der Waals surface area contributed by atoms with Crippen LogP contribution in [0.5, 0.6) is 0 Å². The first kappa shape index (κ1) is 21.8. The van der Waals surface area contributed by atoms with Crippen LogP contribution >= 0.6 is 0 Å². The molecule has 0 aliphatic carbocycles. The molecule has 2 aromatic carbocycles. The summed E-state index contributed by atoms with van der Waals surface area (Å²) >= 11 is 0. The summed E-state index contributed by atoms with van der Waals surface area (Å²) in [5, 5.41) is 7.64. The maximum absolute atomic E-state index is 13.7. The van der Waals surface area contributed by atoms with Crippen molar-refractivity contribution in [3.05, 3.63) is 77.5 Å². The molecular weight excluding hydrogens is 428 g/mol. The predicted molar refractivity (Wildman–Crippen MR) is 130 cm³/mol. The van der Waals surface area contributed by atoms with Crippen molar-refractivity contribution in [2.45, 2.75) is 26.7 Å². The second kappa shape index (κ2) is 9.09. The smallest absolute Gasteiger partial charge is 0.259 e. The number of aryl methyl sites for hydroxylation is 2. The number of anilines is 1. The Hall–Kier alpha value is -4.00. The fourth-order valence-corrected chi connectivity index (χ4v) is 4.45. The van der Waals surface area contributed by atoms with Gasteiger partial charge in [0.05, 0.1) is 28.3 Å². The van der Waals surface area contributed by atoms with Crippen LogP contribution in [-0.4, -0.2) is 39.9 Å². The van der Waals surface area contributed by atoms with Gasteiger partial charge in [-0.2, -0.15) is 0 Å². The summed E-state index contributed by atoms with van der Waals surface area (Å²) in [6.07, 6.45) is 1.51. The Labute approximate surface area is 197 Å². The van der Waals surface area contributed by atoms with Gasteiger partial charge in [-0.3, -0.25) is 9.59 Å². The Morgan fingerprint density at radius 1 is 1.06 bits per heavy atom. The monoisotopic (exact) mass is 454 g/mol. The quantitative estimate of drug-likeness (QED) is 0.469. The third-order valence-electron chi connectivity index (χ3n) is 6.32. The Bertz CT molecular complexity index is 1350. The lowest BCUT2D eigenvalue weighted by molar-refractivity contribution is -0.121. The lowest BCUT2D eigenvalue weighted by Crippen LogP contribution is -2.43. The number of amides is 2. The number of pyridine rings is 1. The molecule has 1 aliphatic heterocycles. The summed E-state index contributed by atoms with van der Waals surface area (Å²) in [5.41, 5.74) is 4.92. The Morgan fingerprint density at radius 2 is 1.82 bits per heavy atom. The zero-order valence-electron chi connectivity index (χ0n) is 19.2. The molecule has 1 saturated heterocycles. The van der Waals surface area contributed by atoms with Gasteiger partial charge in [-0.1, -0.05) is 53.2 Å². The molecule has 2 aromatic heterocycles. The molecule has 1 unspecified atom stereocenters.